The number of halogens is 1. The minimum atomic E-state index is -0.278. The van der Waals surface area contributed by atoms with E-state index >= 15 is 0 Å². The molecule has 0 radical (unpaired) electrons. The van der Waals surface area contributed by atoms with Gasteiger partial charge in [0, 0.05) is 31.3 Å². The van der Waals surface area contributed by atoms with Gasteiger partial charge >= 0.3 is 0 Å². The number of carbonyl (C=O) groups is 1. The Bertz CT molecular complexity index is 1400. The van der Waals surface area contributed by atoms with Gasteiger partial charge in [0.05, 0.1) is 10.7 Å². The number of ether oxygens (including phenoxy) is 4. The Kier molecular flexibility index (Phi) is 5.15. The van der Waals surface area contributed by atoms with E-state index in [-0.39, 0.29) is 31.8 Å². The zero-order valence-electron chi connectivity index (χ0n) is 18.0. The van der Waals surface area contributed by atoms with Gasteiger partial charge < -0.3 is 28.7 Å². The summed E-state index contributed by atoms with van der Waals surface area (Å²) in [5.74, 6) is 2.37. The second kappa shape index (κ2) is 8.46. The number of aromatic nitrogens is 2. The molecule has 0 saturated carbocycles. The number of nitrogens with zero attached hydrogens (tertiary/aromatic N) is 2. The molecule has 0 fully saturated rings. The molecule has 1 amide bonds. The predicted octanol–water partition coefficient (Wildman–Crippen LogP) is 4.28. The van der Waals surface area contributed by atoms with E-state index in [2.05, 4.69) is 10.3 Å². The van der Waals surface area contributed by atoms with Gasteiger partial charge in [-0.1, -0.05) is 23.7 Å². The van der Waals surface area contributed by atoms with Gasteiger partial charge in [0.1, 0.15) is 5.65 Å². The van der Waals surface area contributed by atoms with Gasteiger partial charge in [-0.3, -0.25) is 4.79 Å². The summed E-state index contributed by atoms with van der Waals surface area (Å²) in [6.45, 7) is 0.776. The number of nitrogens with one attached hydrogen (secondary N) is 1. The van der Waals surface area contributed by atoms with Crippen molar-refractivity contribution in [1.82, 2.24) is 14.7 Å². The van der Waals surface area contributed by atoms with Crippen LogP contribution in [0.4, 0.5) is 0 Å². The first-order valence-electron chi connectivity index (χ1n) is 10.8. The van der Waals surface area contributed by atoms with Crippen molar-refractivity contribution in [3.63, 3.8) is 0 Å². The van der Waals surface area contributed by atoms with E-state index in [9.17, 15) is 4.79 Å². The smallest absolute Gasteiger partial charge is 0.231 e. The molecule has 8 nitrogen and oxygen atoms in total. The minimum absolute atomic E-state index is 0.0997. The predicted molar refractivity (Wildman–Crippen MR) is 124 cm³/mol. The molecule has 34 heavy (non-hydrogen) atoms. The number of pyridine rings is 1. The fourth-order valence-corrected chi connectivity index (χ4v) is 4.42. The van der Waals surface area contributed by atoms with Crippen molar-refractivity contribution < 1.29 is 23.7 Å². The third kappa shape index (κ3) is 3.86. The summed E-state index contributed by atoms with van der Waals surface area (Å²) < 4.78 is 23.7. The maximum atomic E-state index is 13.1. The SMILES string of the molecule is O=C(CC(c1ccc2c(c1)OCO2)c1cnc2ccc(Cl)cn12)NCc1ccc2c(c1)OCO2. The number of hydrogen-bond donors (Lipinski definition) is 1. The summed E-state index contributed by atoms with van der Waals surface area (Å²) in [6, 6.07) is 15.0. The van der Waals surface area contributed by atoms with Crippen molar-refractivity contribution in [3.05, 3.63) is 82.8 Å². The molecule has 2 aliphatic heterocycles. The molecule has 0 spiro atoms. The van der Waals surface area contributed by atoms with Gasteiger partial charge in [-0.05, 0) is 47.5 Å². The Morgan fingerprint density at radius 3 is 2.53 bits per heavy atom. The topological polar surface area (TPSA) is 83.3 Å². The number of benzene rings is 2. The van der Waals surface area contributed by atoms with Crippen LogP contribution in [-0.4, -0.2) is 28.9 Å². The van der Waals surface area contributed by atoms with Gasteiger partial charge in [0.2, 0.25) is 19.5 Å². The lowest BCUT2D eigenvalue weighted by Crippen LogP contribution is -2.25. The number of imidazole rings is 1. The van der Waals surface area contributed by atoms with Crippen molar-refractivity contribution in [2.45, 2.75) is 18.9 Å². The van der Waals surface area contributed by atoms with E-state index in [1.807, 2.05) is 53.1 Å². The average molecular weight is 478 g/mol. The Balaban J connectivity index is 1.27. The van der Waals surface area contributed by atoms with E-state index in [1.54, 1.807) is 12.3 Å². The van der Waals surface area contributed by atoms with Crippen molar-refractivity contribution in [2.24, 2.45) is 0 Å². The Morgan fingerprint density at radius 1 is 0.971 bits per heavy atom. The summed E-state index contributed by atoms with van der Waals surface area (Å²) in [7, 11) is 0. The molecule has 1 atom stereocenters. The lowest BCUT2D eigenvalue weighted by molar-refractivity contribution is -0.121. The Morgan fingerprint density at radius 2 is 1.71 bits per heavy atom. The van der Waals surface area contributed by atoms with Crippen molar-refractivity contribution >= 4 is 23.2 Å². The maximum Gasteiger partial charge on any atom is 0.231 e. The molecule has 2 aliphatic rings. The van der Waals surface area contributed by atoms with Crippen LogP contribution in [0.1, 0.15) is 29.2 Å². The number of carbonyl (C=O) groups excluding carboxylic acids is 1. The first-order chi connectivity index (χ1) is 16.6. The van der Waals surface area contributed by atoms with Crippen LogP contribution in [0.5, 0.6) is 23.0 Å². The molecule has 4 aromatic rings. The summed E-state index contributed by atoms with van der Waals surface area (Å²) in [5, 5.41) is 3.60. The van der Waals surface area contributed by atoms with Crippen molar-refractivity contribution in [3.8, 4) is 23.0 Å². The lowest BCUT2D eigenvalue weighted by atomic mass is 9.92. The number of hydrogen-bond acceptors (Lipinski definition) is 6. The van der Waals surface area contributed by atoms with Gasteiger partial charge in [-0.2, -0.15) is 0 Å². The summed E-state index contributed by atoms with van der Waals surface area (Å²) >= 11 is 6.25. The van der Waals surface area contributed by atoms with E-state index in [0.29, 0.717) is 34.6 Å². The van der Waals surface area contributed by atoms with Gasteiger partial charge in [-0.15, -0.1) is 0 Å². The molecule has 2 aromatic carbocycles. The van der Waals surface area contributed by atoms with Gasteiger partial charge in [0.15, 0.2) is 23.0 Å². The van der Waals surface area contributed by atoms with Crippen LogP contribution < -0.4 is 24.3 Å². The quantitative estimate of drug-likeness (QED) is 0.446. The van der Waals surface area contributed by atoms with Crippen molar-refractivity contribution in [1.29, 1.82) is 0 Å². The van der Waals surface area contributed by atoms with Crippen LogP contribution in [0.2, 0.25) is 5.02 Å². The molecule has 4 heterocycles. The summed E-state index contributed by atoms with van der Waals surface area (Å²) in [5.41, 5.74) is 3.46. The van der Waals surface area contributed by atoms with Crippen LogP contribution in [0.3, 0.4) is 0 Å². The summed E-state index contributed by atoms with van der Waals surface area (Å²) in [4.78, 5) is 17.6. The molecule has 0 saturated heterocycles. The number of fused-ring (bicyclic) bond motifs is 3. The van der Waals surface area contributed by atoms with E-state index in [4.69, 9.17) is 30.5 Å². The second-order valence-electron chi connectivity index (χ2n) is 8.09. The fourth-order valence-electron chi connectivity index (χ4n) is 4.26. The van der Waals surface area contributed by atoms with Gasteiger partial charge in [-0.25, -0.2) is 4.98 Å². The van der Waals surface area contributed by atoms with Crippen LogP contribution in [-0.2, 0) is 11.3 Å². The molecule has 9 heteroatoms. The Hall–Kier alpha value is -3.91. The van der Waals surface area contributed by atoms with E-state index in [1.165, 1.54) is 0 Å². The first kappa shape index (κ1) is 20.7. The molecular weight excluding hydrogens is 458 g/mol. The maximum absolute atomic E-state index is 13.1. The Labute approximate surface area is 200 Å². The van der Waals surface area contributed by atoms with Crippen molar-refractivity contribution in [2.75, 3.05) is 13.6 Å². The molecule has 1 N–H and O–H groups in total. The summed E-state index contributed by atoms with van der Waals surface area (Å²) in [6.07, 6.45) is 3.81. The third-order valence-corrected chi connectivity index (χ3v) is 6.19. The highest BCUT2D eigenvalue weighted by Crippen LogP contribution is 2.38. The molecule has 6 rings (SSSR count). The standard InChI is InChI=1S/C25H20ClN3O5/c26-17-3-6-24-27-11-19(29(24)12-17)18(16-2-5-21-23(8-16)34-14-32-21)9-25(30)28-10-15-1-4-20-22(7-15)33-13-31-20/h1-8,11-12,18H,9-10,13-14H2,(H,28,30). The zero-order chi connectivity index (χ0) is 23.1. The highest BCUT2D eigenvalue weighted by molar-refractivity contribution is 6.30. The van der Waals surface area contributed by atoms with E-state index < -0.39 is 0 Å². The highest BCUT2D eigenvalue weighted by atomic mass is 35.5. The molecule has 172 valence electrons. The number of amides is 1. The van der Waals surface area contributed by atoms with Crippen LogP contribution in [0.25, 0.3) is 5.65 Å². The van der Waals surface area contributed by atoms with Crippen LogP contribution in [0, 0.1) is 0 Å². The normalized spacial score (nSPS) is 14.4. The van der Waals surface area contributed by atoms with E-state index in [0.717, 1.165) is 22.5 Å². The fraction of sp³-hybridized carbons (Fsp3) is 0.200. The third-order valence-electron chi connectivity index (χ3n) is 5.97. The monoisotopic (exact) mass is 477 g/mol. The lowest BCUT2D eigenvalue weighted by Gasteiger charge is -2.18. The molecule has 2 aromatic heterocycles. The van der Waals surface area contributed by atoms with Crippen LogP contribution in [0.15, 0.2) is 60.9 Å². The minimum Gasteiger partial charge on any atom is -0.454 e. The average Bonchev–Trinajstić information content (AvgIpc) is 3.59. The zero-order valence-corrected chi connectivity index (χ0v) is 18.7. The molecule has 1 unspecified atom stereocenters. The molecule has 0 aliphatic carbocycles. The first-order valence-corrected chi connectivity index (χ1v) is 11.2. The number of rotatable bonds is 6. The molecular formula is C25H20ClN3O5. The molecule has 0 bridgehead atoms. The second-order valence-corrected chi connectivity index (χ2v) is 8.53. The highest BCUT2D eigenvalue weighted by Gasteiger charge is 2.25. The largest absolute Gasteiger partial charge is 0.454 e. The van der Waals surface area contributed by atoms with Crippen LogP contribution >= 0.6 is 11.6 Å². The van der Waals surface area contributed by atoms with Gasteiger partial charge in [0.25, 0.3) is 0 Å².